The van der Waals surface area contributed by atoms with Crippen molar-refractivity contribution in [2.24, 2.45) is 0 Å². The van der Waals surface area contributed by atoms with Crippen LogP contribution in [0.2, 0.25) is 0 Å². The van der Waals surface area contributed by atoms with Crippen LogP contribution in [-0.2, 0) is 14.4 Å². The van der Waals surface area contributed by atoms with Gasteiger partial charge in [0.2, 0.25) is 5.91 Å². The summed E-state index contributed by atoms with van der Waals surface area (Å²) in [6.07, 6.45) is 4.42. The van der Waals surface area contributed by atoms with Crippen LogP contribution < -0.4 is 25.3 Å². The Morgan fingerprint density at radius 2 is 1.95 bits per heavy atom. The van der Waals surface area contributed by atoms with Crippen LogP contribution >= 0.6 is 0 Å². The maximum atomic E-state index is 13.9. The average Bonchev–Trinajstić information content (AvgIpc) is 3.73. The Bertz CT molecular complexity index is 1470. The number of amides is 1. The Morgan fingerprint density at radius 3 is 2.74 bits per heavy atom. The number of benzene rings is 2. The number of hydrogen-bond acceptors (Lipinski definition) is 10. The smallest absolute Gasteiger partial charge is 0.247 e. The predicted molar refractivity (Wildman–Crippen MR) is 162 cm³/mol. The molecule has 2 aromatic carbocycles. The average molecular weight is 590 g/mol. The molecule has 3 fully saturated rings. The lowest BCUT2D eigenvalue weighted by molar-refractivity contribution is -0.111. The summed E-state index contributed by atoms with van der Waals surface area (Å²) in [6.45, 7) is 9.16. The number of methoxy groups -OCH3 is 1. The van der Waals surface area contributed by atoms with E-state index >= 15 is 0 Å². The molecule has 3 aromatic rings. The second-order valence-corrected chi connectivity index (χ2v) is 10.7. The Morgan fingerprint density at radius 1 is 1.09 bits per heavy atom. The van der Waals surface area contributed by atoms with Gasteiger partial charge in [-0.05, 0) is 36.3 Å². The Kier molecular flexibility index (Phi) is 8.68. The fourth-order valence-corrected chi connectivity index (χ4v) is 5.97. The molecular weight excluding hydrogens is 553 g/mol. The first kappa shape index (κ1) is 28.8. The molecule has 2 atom stereocenters. The van der Waals surface area contributed by atoms with E-state index in [0.29, 0.717) is 47.8 Å². The lowest BCUT2D eigenvalue weighted by Gasteiger charge is -2.32. The molecule has 12 heteroatoms. The van der Waals surface area contributed by atoms with Gasteiger partial charge in [0.15, 0.2) is 5.82 Å². The van der Waals surface area contributed by atoms with E-state index in [1.807, 2.05) is 18.2 Å². The second kappa shape index (κ2) is 12.9. The van der Waals surface area contributed by atoms with E-state index in [2.05, 4.69) is 37.0 Å². The van der Waals surface area contributed by atoms with E-state index in [1.165, 1.54) is 24.5 Å². The van der Waals surface area contributed by atoms with Crippen molar-refractivity contribution in [3.05, 3.63) is 72.8 Å². The summed E-state index contributed by atoms with van der Waals surface area (Å²) in [5.74, 6) is 1.03. The van der Waals surface area contributed by atoms with Crippen LogP contribution in [0.4, 0.5) is 33.1 Å². The molecule has 1 aromatic heterocycles. The molecule has 1 amide bonds. The molecule has 6 rings (SSSR count). The minimum atomic E-state index is -0.305. The Labute approximate surface area is 250 Å². The molecule has 0 spiro atoms. The first-order chi connectivity index (χ1) is 21.0. The number of morpholine rings is 1. The van der Waals surface area contributed by atoms with Crippen LogP contribution in [0.3, 0.4) is 0 Å². The van der Waals surface area contributed by atoms with Gasteiger partial charge in [-0.3, -0.25) is 14.5 Å². The fraction of sp³-hybridized carbons (Fsp3) is 0.387. The molecule has 0 unspecified atom stereocenters. The Hall–Kier alpha value is -4.26. The van der Waals surface area contributed by atoms with E-state index in [0.717, 1.165) is 57.1 Å². The number of anilines is 5. The summed E-state index contributed by atoms with van der Waals surface area (Å²) < 4.78 is 25.3. The van der Waals surface area contributed by atoms with E-state index in [9.17, 15) is 9.18 Å². The monoisotopic (exact) mass is 589 g/mol. The predicted octanol–water partition coefficient (Wildman–Crippen LogP) is 4.29. The molecule has 3 aliphatic rings. The quantitative estimate of drug-likeness (QED) is 0.352. The number of nitrogens with one attached hydrogen (secondary N) is 2. The minimum absolute atomic E-state index is 0.185. The van der Waals surface area contributed by atoms with Crippen molar-refractivity contribution in [3.8, 4) is 5.75 Å². The molecule has 4 heterocycles. The minimum Gasteiger partial charge on any atom is -0.494 e. The highest BCUT2D eigenvalue weighted by molar-refractivity contribution is 6.02. The zero-order chi connectivity index (χ0) is 29.8. The molecule has 43 heavy (non-hydrogen) atoms. The zero-order valence-electron chi connectivity index (χ0n) is 24.2. The number of nitrogens with zero attached hydrogens (tertiary/aromatic N) is 5. The standard InChI is InChI=1S/C31H36FN7O4/c1-3-31(40)36-24-16-25(28(41-2)17-27(24)38-9-7-23(19-38)37-10-13-42-14-11-37)35-29-18-30(34-20-33-29)39-26(8-12-43-39)21-5-4-6-22(32)15-21/h3-6,15-18,20,23,26H,1,7-14,19H2,2H3,(H,36,40)(H,33,34,35)/t23-,26+/m0/s1. The van der Waals surface area contributed by atoms with E-state index in [4.69, 9.17) is 14.3 Å². The van der Waals surface area contributed by atoms with Gasteiger partial charge < -0.3 is 25.0 Å². The molecule has 0 aliphatic carbocycles. The molecule has 0 radical (unpaired) electrons. The number of aromatic nitrogens is 2. The van der Waals surface area contributed by atoms with Gasteiger partial charge in [0, 0.05) is 50.8 Å². The summed E-state index contributed by atoms with van der Waals surface area (Å²) in [5.41, 5.74) is 2.94. The third kappa shape index (κ3) is 6.41. The number of carbonyl (C=O) groups is 1. The number of ether oxygens (including phenoxy) is 2. The number of carbonyl (C=O) groups excluding carboxylic acids is 1. The SMILES string of the molecule is C=CC(=O)Nc1cc(Nc2cc(N3OCC[C@@H]3c3cccc(F)c3)ncn2)c(OC)cc1N1CC[C@H](N2CCOCC2)C1. The first-order valence-electron chi connectivity index (χ1n) is 14.5. The first-order valence-corrected chi connectivity index (χ1v) is 14.5. The van der Waals surface area contributed by atoms with E-state index in [1.54, 1.807) is 24.3 Å². The third-order valence-corrected chi connectivity index (χ3v) is 8.11. The van der Waals surface area contributed by atoms with Crippen molar-refractivity contribution in [3.63, 3.8) is 0 Å². The lowest BCUT2D eigenvalue weighted by atomic mass is 10.0. The molecule has 0 saturated carbocycles. The molecule has 11 nitrogen and oxygen atoms in total. The molecule has 3 aliphatic heterocycles. The van der Waals surface area contributed by atoms with Crippen LogP contribution in [-0.4, -0.2) is 79.9 Å². The Balaban J connectivity index is 1.26. The van der Waals surface area contributed by atoms with Gasteiger partial charge in [-0.2, -0.15) is 0 Å². The molecule has 2 N–H and O–H groups in total. The van der Waals surface area contributed by atoms with Gasteiger partial charge in [0.1, 0.15) is 23.7 Å². The molecule has 0 bridgehead atoms. The van der Waals surface area contributed by atoms with Gasteiger partial charge in [-0.1, -0.05) is 18.7 Å². The topological polar surface area (TPSA) is 104 Å². The molecule has 226 valence electrons. The van der Waals surface area contributed by atoms with E-state index in [-0.39, 0.29) is 17.8 Å². The van der Waals surface area contributed by atoms with Gasteiger partial charge in [-0.15, -0.1) is 0 Å². The number of hydroxylamine groups is 1. The van der Waals surface area contributed by atoms with Crippen molar-refractivity contribution in [1.29, 1.82) is 0 Å². The van der Waals surface area contributed by atoms with Gasteiger partial charge >= 0.3 is 0 Å². The summed E-state index contributed by atoms with van der Waals surface area (Å²) in [4.78, 5) is 31.9. The largest absolute Gasteiger partial charge is 0.494 e. The zero-order valence-corrected chi connectivity index (χ0v) is 24.2. The third-order valence-electron chi connectivity index (χ3n) is 8.11. The van der Waals surface area contributed by atoms with Crippen LogP contribution in [0.1, 0.15) is 24.4 Å². The van der Waals surface area contributed by atoms with Gasteiger partial charge in [-0.25, -0.2) is 19.4 Å². The van der Waals surface area contributed by atoms with Crippen LogP contribution in [0, 0.1) is 5.82 Å². The van der Waals surface area contributed by atoms with Crippen LogP contribution in [0.5, 0.6) is 5.75 Å². The summed E-state index contributed by atoms with van der Waals surface area (Å²) in [5, 5.41) is 7.99. The number of rotatable bonds is 9. The maximum Gasteiger partial charge on any atom is 0.247 e. The molecule has 3 saturated heterocycles. The van der Waals surface area contributed by atoms with Crippen molar-refractivity contribution < 1.29 is 23.5 Å². The van der Waals surface area contributed by atoms with Crippen molar-refractivity contribution in [1.82, 2.24) is 14.9 Å². The fourth-order valence-electron chi connectivity index (χ4n) is 5.97. The van der Waals surface area contributed by atoms with Crippen molar-refractivity contribution in [2.45, 2.75) is 24.9 Å². The highest BCUT2D eigenvalue weighted by Crippen LogP contribution is 2.41. The second-order valence-electron chi connectivity index (χ2n) is 10.7. The van der Waals surface area contributed by atoms with Crippen molar-refractivity contribution in [2.75, 3.05) is 73.7 Å². The summed E-state index contributed by atoms with van der Waals surface area (Å²) >= 11 is 0. The van der Waals surface area contributed by atoms with E-state index < -0.39 is 0 Å². The lowest BCUT2D eigenvalue weighted by Crippen LogP contribution is -2.44. The van der Waals surface area contributed by atoms with Crippen LogP contribution in [0.25, 0.3) is 0 Å². The van der Waals surface area contributed by atoms with Crippen LogP contribution in [0.15, 0.2) is 61.4 Å². The number of halogens is 1. The normalized spacial score (nSPS) is 20.7. The number of hydrogen-bond donors (Lipinski definition) is 2. The van der Waals surface area contributed by atoms with Gasteiger partial charge in [0.25, 0.3) is 0 Å². The maximum absolute atomic E-state index is 13.9. The summed E-state index contributed by atoms with van der Waals surface area (Å²) in [6, 6.07) is 12.3. The van der Waals surface area contributed by atoms with Crippen molar-refractivity contribution >= 4 is 34.6 Å². The molecular formula is C31H36FN7O4. The highest BCUT2D eigenvalue weighted by atomic mass is 19.1. The highest BCUT2D eigenvalue weighted by Gasteiger charge is 2.32. The van der Waals surface area contributed by atoms with Gasteiger partial charge in [0.05, 0.1) is 50.0 Å². The summed E-state index contributed by atoms with van der Waals surface area (Å²) in [7, 11) is 1.61.